The van der Waals surface area contributed by atoms with E-state index in [-0.39, 0.29) is 19.2 Å². The summed E-state index contributed by atoms with van der Waals surface area (Å²) in [6.45, 7) is 4.48. The molecule has 0 aromatic carbocycles. The minimum atomic E-state index is -1.54. The molecule has 6 atom stereocenters. The standard InChI is InChI=1S/C58H104O9/c1-3-5-7-9-11-13-15-17-19-21-23-24-25-26-27-28-29-31-33-35-37-39-41-43-45-47-54(60)66-52(51-65-58-57(63)56(62)55(61)53(49-59)67-58)50-64-48-46-44-42-40-38-36-34-32-30-22-20-18-16-14-12-10-8-6-4-2/h5,7,11,13,17,19,23-24,26-27,52-53,55-59,61-63H,3-4,6,8-10,12,14-16,18,20-22,25,28-51H2,1-2H3/b7-5-,13-11-,19-17-,24-23-,27-26-. The number of unbranched alkanes of at least 4 members (excludes halogenated alkanes) is 27. The third kappa shape index (κ3) is 39.3. The summed E-state index contributed by atoms with van der Waals surface area (Å²) >= 11 is 0. The molecule has 0 spiro atoms. The summed E-state index contributed by atoms with van der Waals surface area (Å²) in [4.78, 5) is 12.9. The van der Waals surface area contributed by atoms with Crippen LogP contribution < -0.4 is 0 Å². The van der Waals surface area contributed by atoms with E-state index in [4.69, 9.17) is 18.9 Å². The number of esters is 1. The molecule has 1 aliphatic heterocycles. The lowest BCUT2D eigenvalue weighted by Crippen LogP contribution is -2.59. The molecule has 4 N–H and O–H groups in total. The smallest absolute Gasteiger partial charge is 0.306 e. The largest absolute Gasteiger partial charge is 0.457 e. The van der Waals surface area contributed by atoms with Gasteiger partial charge in [0.2, 0.25) is 0 Å². The maximum atomic E-state index is 12.9. The van der Waals surface area contributed by atoms with Gasteiger partial charge in [0, 0.05) is 13.0 Å². The van der Waals surface area contributed by atoms with Crippen LogP contribution in [0.15, 0.2) is 60.8 Å². The zero-order valence-corrected chi connectivity index (χ0v) is 43.1. The fraction of sp³-hybridized carbons (Fsp3) is 0.810. The molecule has 1 fully saturated rings. The molecule has 9 nitrogen and oxygen atoms in total. The third-order valence-electron chi connectivity index (χ3n) is 12.7. The number of carbonyl (C=O) groups excluding carboxylic acids is 1. The Bertz CT molecular complexity index is 1210. The molecule has 1 rings (SSSR count). The summed E-state index contributed by atoms with van der Waals surface area (Å²) < 4.78 is 23.0. The number of rotatable bonds is 48. The summed E-state index contributed by atoms with van der Waals surface area (Å²) in [5.41, 5.74) is 0. The Kier molecular flexibility index (Phi) is 45.9. The van der Waals surface area contributed by atoms with Crippen LogP contribution in [0.25, 0.3) is 0 Å². The van der Waals surface area contributed by atoms with E-state index >= 15 is 0 Å². The summed E-state index contributed by atoms with van der Waals surface area (Å²) in [5.74, 6) is -0.318. The predicted molar refractivity (Wildman–Crippen MR) is 279 cm³/mol. The molecular formula is C58H104O9. The molecule has 1 heterocycles. The van der Waals surface area contributed by atoms with Crippen LogP contribution in [0.5, 0.6) is 0 Å². The van der Waals surface area contributed by atoms with Gasteiger partial charge in [-0.15, -0.1) is 0 Å². The van der Waals surface area contributed by atoms with Crippen molar-refractivity contribution in [1.82, 2.24) is 0 Å². The second-order valence-corrected chi connectivity index (χ2v) is 19.0. The summed E-state index contributed by atoms with van der Waals surface area (Å²) in [6.07, 6.45) is 56.9. The van der Waals surface area contributed by atoms with E-state index in [0.717, 1.165) is 70.6 Å². The molecule has 390 valence electrons. The number of carbonyl (C=O) groups is 1. The summed E-state index contributed by atoms with van der Waals surface area (Å²) in [6, 6.07) is 0. The van der Waals surface area contributed by atoms with Crippen LogP contribution in [0.3, 0.4) is 0 Å². The number of ether oxygens (including phenoxy) is 4. The zero-order chi connectivity index (χ0) is 48.5. The zero-order valence-electron chi connectivity index (χ0n) is 43.1. The number of allylic oxidation sites excluding steroid dienone is 10. The second-order valence-electron chi connectivity index (χ2n) is 19.0. The molecule has 0 amide bonds. The van der Waals surface area contributed by atoms with E-state index in [1.54, 1.807) is 0 Å². The predicted octanol–water partition coefficient (Wildman–Crippen LogP) is 14.2. The van der Waals surface area contributed by atoms with Gasteiger partial charge >= 0.3 is 5.97 Å². The Balaban J connectivity index is 2.17. The van der Waals surface area contributed by atoms with Gasteiger partial charge in [-0.05, 0) is 57.8 Å². The van der Waals surface area contributed by atoms with Crippen molar-refractivity contribution < 1.29 is 44.2 Å². The highest BCUT2D eigenvalue weighted by Gasteiger charge is 2.44. The van der Waals surface area contributed by atoms with Gasteiger partial charge < -0.3 is 39.4 Å². The highest BCUT2D eigenvalue weighted by molar-refractivity contribution is 5.69. The van der Waals surface area contributed by atoms with E-state index in [9.17, 15) is 25.2 Å². The fourth-order valence-electron chi connectivity index (χ4n) is 8.40. The number of hydrogen-bond acceptors (Lipinski definition) is 9. The first-order valence-corrected chi connectivity index (χ1v) is 27.9. The fourth-order valence-corrected chi connectivity index (χ4v) is 8.40. The van der Waals surface area contributed by atoms with Crippen LogP contribution in [0, 0.1) is 0 Å². The Hall–Kier alpha value is -2.11. The van der Waals surface area contributed by atoms with Crippen molar-refractivity contribution in [3.63, 3.8) is 0 Å². The summed E-state index contributed by atoms with van der Waals surface area (Å²) in [5, 5.41) is 40.3. The first kappa shape index (κ1) is 62.9. The lowest BCUT2D eigenvalue weighted by Gasteiger charge is -2.39. The van der Waals surface area contributed by atoms with Crippen LogP contribution in [0.4, 0.5) is 0 Å². The molecule has 0 radical (unpaired) electrons. The minimum Gasteiger partial charge on any atom is -0.457 e. The Morgan fingerprint density at radius 1 is 0.493 bits per heavy atom. The van der Waals surface area contributed by atoms with Crippen LogP contribution >= 0.6 is 0 Å². The van der Waals surface area contributed by atoms with Crippen molar-refractivity contribution in [3.8, 4) is 0 Å². The molecule has 0 aliphatic carbocycles. The van der Waals surface area contributed by atoms with Crippen molar-refractivity contribution in [1.29, 1.82) is 0 Å². The van der Waals surface area contributed by atoms with Gasteiger partial charge in [0.05, 0.1) is 19.8 Å². The molecule has 6 unspecified atom stereocenters. The van der Waals surface area contributed by atoms with Crippen LogP contribution in [-0.4, -0.2) is 89.6 Å². The van der Waals surface area contributed by atoms with Crippen molar-refractivity contribution in [2.24, 2.45) is 0 Å². The van der Waals surface area contributed by atoms with Crippen molar-refractivity contribution >= 4 is 5.97 Å². The monoisotopic (exact) mass is 945 g/mol. The lowest BCUT2D eigenvalue weighted by atomic mass is 9.99. The van der Waals surface area contributed by atoms with Gasteiger partial charge in [-0.25, -0.2) is 0 Å². The third-order valence-corrected chi connectivity index (χ3v) is 12.7. The van der Waals surface area contributed by atoms with Gasteiger partial charge in [-0.2, -0.15) is 0 Å². The lowest BCUT2D eigenvalue weighted by molar-refractivity contribution is -0.305. The quantitative estimate of drug-likeness (QED) is 0.0267. The van der Waals surface area contributed by atoms with Gasteiger partial charge in [0.15, 0.2) is 6.29 Å². The van der Waals surface area contributed by atoms with Crippen molar-refractivity contribution in [2.45, 2.75) is 275 Å². The van der Waals surface area contributed by atoms with E-state index < -0.39 is 43.4 Å². The van der Waals surface area contributed by atoms with E-state index in [0.29, 0.717) is 13.0 Å². The van der Waals surface area contributed by atoms with Gasteiger partial charge in [-0.1, -0.05) is 235 Å². The molecule has 0 saturated carbocycles. The van der Waals surface area contributed by atoms with E-state index in [2.05, 4.69) is 74.6 Å². The van der Waals surface area contributed by atoms with E-state index in [1.165, 1.54) is 148 Å². The SMILES string of the molecule is CC/C=C\C/C=C\C/C=C\C/C=C\C/C=C\CCCCCCCCCCCC(=O)OC(COCCCCCCCCCCCCCCCCCCCCC)COC1OC(CO)C(O)C(O)C1O. The number of aliphatic hydroxyl groups excluding tert-OH is 4. The normalized spacial score (nSPS) is 19.6. The Morgan fingerprint density at radius 3 is 1.37 bits per heavy atom. The summed E-state index contributed by atoms with van der Waals surface area (Å²) in [7, 11) is 0. The highest BCUT2D eigenvalue weighted by Crippen LogP contribution is 2.23. The molecule has 67 heavy (non-hydrogen) atoms. The van der Waals surface area contributed by atoms with Gasteiger partial charge in [-0.3, -0.25) is 4.79 Å². The van der Waals surface area contributed by atoms with Crippen LogP contribution in [-0.2, 0) is 23.7 Å². The molecule has 1 saturated heterocycles. The molecule has 0 bridgehead atoms. The van der Waals surface area contributed by atoms with Gasteiger partial charge in [0.25, 0.3) is 0 Å². The highest BCUT2D eigenvalue weighted by atomic mass is 16.7. The maximum Gasteiger partial charge on any atom is 0.306 e. The maximum absolute atomic E-state index is 12.9. The van der Waals surface area contributed by atoms with Crippen molar-refractivity contribution in [3.05, 3.63) is 60.8 Å². The average molecular weight is 945 g/mol. The topological polar surface area (TPSA) is 135 Å². The minimum absolute atomic E-state index is 0.115. The van der Waals surface area contributed by atoms with Gasteiger partial charge in [0.1, 0.15) is 30.5 Å². The molecular weight excluding hydrogens is 841 g/mol. The molecule has 0 aromatic rings. The number of hydrogen-bond donors (Lipinski definition) is 4. The second kappa shape index (κ2) is 48.9. The average Bonchev–Trinajstić information content (AvgIpc) is 3.33. The Labute approximate surface area is 411 Å². The Morgan fingerprint density at radius 2 is 0.910 bits per heavy atom. The molecule has 9 heteroatoms. The van der Waals surface area contributed by atoms with Crippen LogP contribution in [0.2, 0.25) is 0 Å². The first-order chi connectivity index (χ1) is 32.9. The van der Waals surface area contributed by atoms with Crippen LogP contribution in [0.1, 0.15) is 239 Å². The van der Waals surface area contributed by atoms with E-state index in [1.807, 2.05) is 0 Å². The molecule has 0 aromatic heterocycles. The number of aliphatic hydroxyl groups is 4. The van der Waals surface area contributed by atoms with Crippen molar-refractivity contribution in [2.75, 3.05) is 26.4 Å². The first-order valence-electron chi connectivity index (χ1n) is 27.9. The molecule has 1 aliphatic rings.